The van der Waals surface area contributed by atoms with Gasteiger partial charge in [0.25, 0.3) is 10.0 Å². The normalized spacial score (nSPS) is 11.2. The summed E-state index contributed by atoms with van der Waals surface area (Å²) in [5.74, 6) is -2.19. The SMILES string of the molecule is COC(=O)c1ccc(S(=O)(=O)NCCC(=O)O)o1. The summed E-state index contributed by atoms with van der Waals surface area (Å²) < 4.78 is 34.3. The van der Waals surface area contributed by atoms with Crippen molar-refractivity contribution in [3.8, 4) is 0 Å². The van der Waals surface area contributed by atoms with Crippen LogP contribution in [0.15, 0.2) is 21.6 Å². The molecule has 0 fully saturated rings. The van der Waals surface area contributed by atoms with Crippen LogP contribution in [0.25, 0.3) is 0 Å². The van der Waals surface area contributed by atoms with Gasteiger partial charge in [-0.25, -0.2) is 17.9 Å². The van der Waals surface area contributed by atoms with E-state index in [0.29, 0.717) is 0 Å². The summed E-state index contributed by atoms with van der Waals surface area (Å²) in [7, 11) is -2.84. The van der Waals surface area contributed by atoms with E-state index >= 15 is 0 Å². The molecule has 0 aliphatic rings. The molecule has 100 valence electrons. The largest absolute Gasteiger partial charge is 0.481 e. The molecule has 0 unspecified atom stereocenters. The van der Waals surface area contributed by atoms with Gasteiger partial charge in [-0.2, -0.15) is 0 Å². The predicted octanol–water partition coefficient (Wildman–Crippen LogP) is -0.181. The number of carboxylic acid groups (broad SMARTS) is 1. The van der Waals surface area contributed by atoms with Gasteiger partial charge in [-0.15, -0.1) is 0 Å². The number of carboxylic acids is 1. The monoisotopic (exact) mass is 277 g/mol. The third kappa shape index (κ3) is 3.57. The van der Waals surface area contributed by atoms with Crippen molar-refractivity contribution >= 4 is 22.0 Å². The third-order valence-corrected chi connectivity index (χ3v) is 3.20. The minimum atomic E-state index is -3.96. The van der Waals surface area contributed by atoms with Crippen LogP contribution in [0.3, 0.4) is 0 Å². The number of nitrogens with one attached hydrogen (secondary N) is 1. The number of sulfonamides is 1. The minimum Gasteiger partial charge on any atom is -0.481 e. The van der Waals surface area contributed by atoms with E-state index in [1.807, 2.05) is 4.72 Å². The van der Waals surface area contributed by atoms with E-state index in [9.17, 15) is 18.0 Å². The Bertz CT molecular complexity index is 545. The highest BCUT2D eigenvalue weighted by Crippen LogP contribution is 2.14. The Kier molecular flexibility index (Phi) is 4.45. The van der Waals surface area contributed by atoms with Gasteiger partial charge in [-0.1, -0.05) is 0 Å². The first-order valence-corrected chi connectivity index (χ1v) is 6.25. The smallest absolute Gasteiger partial charge is 0.374 e. The standard InChI is InChI=1S/C9H11NO7S/c1-16-9(13)6-2-3-8(17-6)18(14,15)10-5-4-7(11)12/h2-3,10H,4-5H2,1H3,(H,11,12). The van der Waals surface area contributed by atoms with Gasteiger partial charge in [0.05, 0.1) is 13.5 Å². The second-order valence-electron chi connectivity index (χ2n) is 3.15. The zero-order chi connectivity index (χ0) is 13.8. The highest BCUT2D eigenvalue weighted by atomic mass is 32.2. The fraction of sp³-hybridized carbons (Fsp3) is 0.333. The maximum Gasteiger partial charge on any atom is 0.374 e. The lowest BCUT2D eigenvalue weighted by Gasteiger charge is -2.01. The highest BCUT2D eigenvalue weighted by molar-refractivity contribution is 7.89. The average Bonchev–Trinajstić information content (AvgIpc) is 2.77. The molecule has 8 nitrogen and oxygen atoms in total. The minimum absolute atomic E-state index is 0.254. The zero-order valence-electron chi connectivity index (χ0n) is 9.37. The molecule has 18 heavy (non-hydrogen) atoms. The van der Waals surface area contributed by atoms with Crippen molar-refractivity contribution in [2.45, 2.75) is 11.5 Å². The van der Waals surface area contributed by atoms with E-state index in [-0.39, 0.29) is 18.7 Å². The lowest BCUT2D eigenvalue weighted by molar-refractivity contribution is -0.136. The van der Waals surface area contributed by atoms with Crippen LogP contribution in [-0.2, 0) is 19.6 Å². The molecule has 0 aromatic carbocycles. The Labute approximate surface area is 103 Å². The second kappa shape index (κ2) is 5.65. The number of carbonyl (C=O) groups is 2. The van der Waals surface area contributed by atoms with Gasteiger partial charge < -0.3 is 14.3 Å². The van der Waals surface area contributed by atoms with Crippen molar-refractivity contribution in [1.29, 1.82) is 0 Å². The van der Waals surface area contributed by atoms with Gasteiger partial charge in [-0.3, -0.25) is 4.79 Å². The van der Waals surface area contributed by atoms with E-state index in [1.165, 1.54) is 0 Å². The first kappa shape index (κ1) is 14.2. The van der Waals surface area contributed by atoms with Gasteiger partial charge in [0.1, 0.15) is 0 Å². The van der Waals surface area contributed by atoms with Crippen molar-refractivity contribution < 1.29 is 32.3 Å². The summed E-state index contributed by atoms with van der Waals surface area (Å²) in [4.78, 5) is 21.3. The summed E-state index contributed by atoms with van der Waals surface area (Å²) in [6.45, 7) is -0.272. The molecule has 2 N–H and O–H groups in total. The first-order chi connectivity index (χ1) is 8.36. The van der Waals surface area contributed by atoms with Crippen LogP contribution in [0.1, 0.15) is 17.0 Å². The van der Waals surface area contributed by atoms with E-state index in [0.717, 1.165) is 19.2 Å². The van der Waals surface area contributed by atoms with Crippen LogP contribution < -0.4 is 4.72 Å². The van der Waals surface area contributed by atoms with E-state index in [4.69, 9.17) is 9.52 Å². The molecule has 9 heteroatoms. The molecule has 0 saturated carbocycles. The summed E-state index contributed by atoms with van der Waals surface area (Å²) >= 11 is 0. The molecule has 0 bridgehead atoms. The number of methoxy groups -OCH3 is 1. The number of hydrogen-bond acceptors (Lipinski definition) is 6. The fourth-order valence-electron chi connectivity index (χ4n) is 1.04. The molecule has 0 aliphatic carbocycles. The zero-order valence-corrected chi connectivity index (χ0v) is 10.2. The van der Waals surface area contributed by atoms with Crippen molar-refractivity contribution in [2.75, 3.05) is 13.7 Å². The number of carbonyl (C=O) groups excluding carboxylic acids is 1. The Morgan fingerprint density at radius 2 is 2.11 bits per heavy atom. The molecule has 0 aliphatic heterocycles. The topological polar surface area (TPSA) is 123 Å². The maximum atomic E-state index is 11.6. The van der Waals surface area contributed by atoms with Crippen molar-refractivity contribution in [3.63, 3.8) is 0 Å². The quantitative estimate of drug-likeness (QED) is 0.691. The molecule has 1 heterocycles. The van der Waals surface area contributed by atoms with Crippen molar-refractivity contribution in [2.24, 2.45) is 0 Å². The molecule has 1 aromatic rings. The van der Waals surface area contributed by atoms with E-state index in [1.54, 1.807) is 0 Å². The van der Waals surface area contributed by atoms with Crippen molar-refractivity contribution in [3.05, 3.63) is 17.9 Å². The van der Waals surface area contributed by atoms with Gasteiger partial charge >= 0.3 is 11.9 Å². The molecule has 0 radical (unpaired) electrons. The Morgan fingerprint density at radius 3 is 2.67 bits per heavy atom. The average molecular weight is 277 g/mol. The third-order valence-electron chi connectivity index (χ3n) is 1.86. The summed E-state index contributed by atoms with van der Waals surface area (Å²) in [6, 6.07) is 2.23. The second-order valence-corrected chi connectivity index (χ2v) is 4.85. The lowest BCUT2D eigenvalue weighted by atomic mass is 10.5. The summed E-state index contributed by atoms with van der Waals surface area (Å²) in [5.41, 5.74) is 0. The van der Waals surface area contributed by atoms with Gasteiger partial charge in [-0.05, 0) is 12.1 Å². The van der Waals surface area contributed by atoms with Crippen LogP contribution in [0, 0.1) is 0 Å². The Morgan fingerprint density at radius 1 is 1.44 bits per heavy atom. The number of aliphatic carboxylic acids is 1. The summed E-state index contributed by atoms with van der Waals surface area (Å²) in [6.07, 6.45) is -0.357. The van der Waals surface area contributed by atoms with Crippen LogP contribution in [0.4, 0.5) is 0 Å². The Balaban J connectivity index is 2.76. The Hall–Kier alpha value is -1.87. The summed E-state index contributed by atoms with van der Waals surface area (Å²) in [5, 5.41) is 7.89. The van der Waals surface area contributed by atoms with Crippen LogP contribution >= 0.6 is 0 Å². The van der Waals surface area contributed by atoms with Gasteiger partial charge in [0.15, 0.2) is 0 Å². The molecule has 0 saturated heterocycles. The maximum absolute atomic E-state index is 11.6. The predicted molar refractivity (Wildman–Crippen MR) is 57.5 cm³/mol. The molecule has 1 rings (SSSR count). The van der Waals surface area contributed by atoms with E-state index < -0.39 is 27.1 Å². The number of ether oxygens (including phenoxy) is 1. The number of esters is 1. The molecule has 1 aromatic heterocycles. The number of furan rings is 1. The molecule has 0 atom stereocenters. The van der Waals surface area contributed by atoms with Gasteiger partial charge in [0, 0.05) is 6.54 Å². The lowest BCUT2D eigenvalue weighted by Crippen LogP contribution is -2.25. The number of hydrogen-bond donors (Lipinski definition) is 2. The first-order valence-electron chi connectivity index (χ1n) is 4.76. The molecule has 0 amide bonds. The van der Waals surface area contributed by atoms with Crippen molar-refractivity contribution in [1.82, 2.24) is 4.72 Å². The highest BCUT2D eigenvalue weighted by Gasteiger charge is 2.21. The van der Waals surface area contributed by atoms with Crippen LogP contribution in [0.5, 0.6) is 0 Å². The van der Waals surface area contributed by atoms with Crippen LogP contribution in [-0.4, -0.2) is 39.1 Å². The van der Waals surface area contributed by atoms with Crippen LogP contribution in [0.2, 0.25) is 0 Å². The van der Waals surface area contributed by atoms with Gasteiger partial charge in [0.2, 0.25) is 10.9 Å². The molecular formula is C9H11NO7S. The van der Waals surface area contributed by atoms with E-state index in [2.05, 4.69) is 4.74 Å². The molecular weight excluding hydrogens is 266 g/mol. The fourth-order valence-corrected chi connectivity index (χ4v) is 2.00. The number of rotatable bonds is 6. The molecule has 0 spiro atoms.